The van der Waals surface area contributed by atoms with E-state index in [4.69, 9.17) is 4.74 Å². The van der Waals surface area contributed by atoms with E-state index in [-0.39, 0.29) is 0 Å². The van der Waals surface area contributed by atoms with Gasteiger partial charge in [0.25, 0.3) is 0 Å². The first-order valence-electron chi connectivity index (χ1n) is 8.02. The van der Waals surface area contributed by atoms with Crippen LogP contribution in [-0.4, -0.2) is 50.3 Å². The third kappa shape index (κ3) is 3.93. The number of morpholine rings is 1. The average molecular weight is 268 g/mol. The van der Waals surface area contributed by atoms with Gasteiger partial charge in [0.1, 0.15) is 0 Å². The molecule has 1 aliphatic carbocycles. The summed E-state index contributed by atoms with van der Waals surface area (Å²) in [6.45, 7) is 11.4. The van der Waals surface area contributed by atoms with E-state index in [1.54, 1.807) is 0 Å². The summed E-state index contributed by atoms with van der Waals surface area (Å²) in [4.78, 5) is 2.72. The van der Waals surface area contributed by atoms with Gasteiger partial charge in [-0.1, -0.05) is 33.6 Å². The minimum atomic E-state index is 0.376. The van der Waals surface area contributed by atoms with Crippen LogP contribution in [0.2, 0.25) is 0 Å². The minimum Gasteiger partial charge on any atom is -0.374 e. The fourth-order valence-corrected chi connectivity index (χ4v) is 3.95. The summed E-state index contributed by atoms with van der Waals surface area (Å²) >= 11 is 0. The summed E-state index contributed by atoms with van der Waals surface area (Å²) in [6.07, 6.45) is 5.99. The maximum Gasteiger partial charge on any atom is 0.0826 e. The molecule has 1 N–H and O–H groups in total. The van der Waals surface area contributed by atoms with Gasteiger partial charge in [0.2, 0.25) is 0 Å². The zero-order valence-electron chi connectivity index (χ0n) is 13.2. The normalized spacial score (nSPS) is 34.4. The van der Waals surface area contributed by atoms with Gasteiger partial charge in [-0.05, 0) is 31.2 Å². The molecule has 3 nitrogen and oxygen atoms in total. The van der Waals surface area contributed by atoms with Gasteiger partial charge < -0.3 is 10.1 Å². The molecule has 0 bridgehead atoms. The maximum absolute atomic E-state index is 5.86. The Kier molecular flexibility index (Phi) is 5.27. The molecule has 0 aromatic heterocycles. The highest BCUT2D eigenvalue weighted by Gasteiger charge is 2.38. The van der Waals surface area contributed by atoms with E-state index in [2.05, 4.69) is 31.0 Å². The number of rotatable bonds is 3. The largest absolute Gasteiger partial charge is 0.374 e. The number of ether oxygens (including phenoxy) is 1. The van der Waals surface area contributed by atoms with Gasteiger partial charge in [-0.15, -0.1) is 0 Å². The number of hydrogen-bond donors (Lipinski definition) is 1. The van der Waals surface area contributed by atoms with Crippen molar-refractivity contribution in [3.8, 4) is 0 Å². The third-order valence-corrected chi connectivity index (χ3v) is 4.91. The van der Waals surface area contributed by atoms with Crippen molar-refractivity contribution >= 4 is 0 Å². The molecule has 19 heavy (non-hydrogen) atoms. The predicted octanol–water partition coefficient (Wildman–Crippen LogP) is 2.51. The standard InChI is InChI=1S/C16H32N2O/c1-16(2,3)14-7-5-6-8-15(14)18-9-10-19-13(12-18)11-17-4/h13-15,17H,5-12H2,1-4H3. The Hall–Kier alpha value is -0.120. The minimum absolute atomic E-state index is 0.376. The highest BCUT2D eigenvalue weighted by atomic mass is 16.5. The molecule has 2 fully saturated rings. The van der Waals surface area contributed by atoms with E-state index < -0.39 is 0 Å². The summed E-state index contributed by atoms with van der Waals surface area (Å²) in [5.74, 6) is 0.842. The van der Waals surface area contributed by atoms with E-state index >= 15 is 0 Å². The van der Waals surface area contributed by atoms with Gasteiger partial charge in [-0.2, -0.15) is 0 Å². The van der Waals surface area contributed by atoms with Crippen LogP contribution in [0.1, 0.15) is 46.5 Å². The van der Waals surface area contributed by atoms with Crippen molar-refractivity contribution in [2.24, 2.45) is 11.3 Å². The first-order valence-corrected chi connectivity index (χ1v) is 8.02. The van der Waals surface area contributed by atoms with Crippen LogP contribution in [0.3, 0.4) is 0 Å². The van der Waals surface area contributed by atoms with Crippen molar-refractivity contribution < 1.29 is 4.74 Å². The fraction of sp³-hybridized carbons (Fsp3) is 1.00. The second kappa shape index (κ2) is 6.55. The molecule has 3 heteroatoms. The van der Waals surface area contributed by atoms with Gasteiger partial charge in [0, 0.05) is 25.7 Å². The van der Waals surface area contributed by atoms with Gasteiger partial charge in [0.05, 0.1) is 12.7 Å². The molecule has 112 valence electrons. The van der Waals surface area contributed by atoms with E-state index in [1.165, 1.54) is 25.7 Å². The smallest absolute Gasteiger partial charge is 0.0826 e. The summed E-state index contributed by atoms with van der Waals surface area (Å²) in [7, 11) is 2.01. The van der Waals surface area contributed by atoms with E-state index in [9.17, 15) is 0 Å². The Morgan fingerprint density at radius 3 is 2.63 bits per heavy atom. The van der Waals surface area contributed by atoms with E-state index in [0.717, 1.165) is 38.2 Å². The van der Waals surface area contributed by atoms with Crippen molar-refractivity contribution in [3.63, 3.8) is 0 Å². The molecule has 0 aromatic carbocycles. The number of nitrogens with zero attached hydrogens (tertiary/aromatic N) is 1. The van der Waals surface area contributed by atoms with Crippen molar-refractivity contribution in [1.29, 1.82) is 0 Å². The van der Waals surface area contributed by atoms with Gasteiger partial charge in [-0.3, -0.25) is 4.90 Å². The maximum atomic E-state index is 5.86. The van der Waals surface area contributed by atoms with E-state index in [1.807, 2.05) is 7.05 Å². The Labute approximate surface area is 119 Å². The third-order valence-electron chi connectivity index (χ3n) is 4.91. The predicted molar refractivity (Wildman–Crippen MR) is 80.4 cm³/mol. The molecule has 0 radical (unpaired) electrons. The first kappa shape index (κ1) is 15.3. The van der Waals surface area contributed by atoms with Crippen LogP contribution < -0.4 is 5.32 Å². The molecule has 2 rings (SSSR count). The molecule has 1 saturated heterocycles. The lowest BCUT2D eigenvalue weighted by Gasteiger charge is -2.48. The van der Waals surface area contributed by atoms with Crippen LogP contribution in [0.25, 0.3) is 0 Å². The van der Waals surface area contributed by atoms with Gasteiger partial charge in [-0.25, -0.2) is 0 Å². The SMILES string of the molecule is CNCC1CN(C2CCCCC2C(C)(C)C)CCO1. The van der Waals surface area contributed by atoms with Gasteiger partial charge in [0.15, 0.2) is 0 Å². The Balaban J connectivity index is 2.01. The molecule has 0 spiro atoms. The quantitative estimate of drug-likeness (QED) is 0.851. The van der Waals surface area contributed by atoms with Gasteiger partial charge >= 0.3 is 0 Å². The van der Waals surface area contributed by atoms with Crippen LogP contribution >= 0.6 is 0 Å². The van der Waals surface area contributed by atoms with Crippen molar-refractivity contribution in [2.45, 2.75) is 58.6 Å². The van der Waals surface area contributed by atoms with Crippen LogP contribution in [-0.2, 0) is 4.74 Å². The summed E-state index contributed by atoms with van der Waals surface area (Å²) in [5, 5.41) is 3.25. The Morgan fingerprint density at radius 2 is 1.95 bits per heavy atom. The number of likely N-dealkylation sites (N-methyl/N-ethyl adjacent to an activating group) is 1. The molecule has 0 aromatic rings. The Bertz CT molecular complexity index is 272. The zero-order chi connectivity index (χ0) is 13.9. The lowest BCUT2D eigenvalue weighted by Crippen LogP contribution is -2.54. The molecule has 1 heterocycles. The molecule has 1 aliphatic heterocycles. The van der Waals surface area contributed by atoms with E-state index in [0.29, 0.717) is 11.5 Å². The highest BCUT2D eigenvalue weighted by Crippen LogP contribution is 2.40. The lowest BCUT2D eigenvalue weighted by atomic mass is 9.69. The van der Waals surface area contributed by atoms with Crippen molar-refractivity contribution in [2.75, 3.05) is 33.3 Å². The molecule has 2 aliphatic rings. The summed E-state index contributed by atoms with van der Waals surface area (Å²) in [5.41, 5.74) is 0.432. The van der Waals surface area contributed by atoms with Crippen LogP contribution in [0.4, 0.5) is 0 Å². The first-order chi connectivity index (χ1) is 9.02. The second-order valence-electron chi connectivity index (χ2n) is 7.37. The molecule has 3 unspecified atom stereocenters. The number of hydrogen-bond acceptors (Lipinski definition) is 3. The van der Waals surface area contributed by atoms with Crippen molar-refractivity contribution in [3.05, 3.63) is 0 Å². The van der Waals surface area contributed by atoms with Crippen LogP contribution in [0, 0.1) is 11.3 Å². The molecular weight excluding hydrogens is 236 g/mol. The lowest BCUT2D eigenvalue weighted by molar-refractivity contribution is -0.0677. The number of nitrogens with one attached hydrogen (secondary N) is 1. The monoisotopic (exact) mass is 268 g/mol. The average Bonchev–Trinajstić information content (AvgIpc) is 2.38. The van der Waals surface area contributed by atoms with Crippen LogP contribution in [0.5, 0.6) is 0 Å². The molecule has 1 saturated carbocycles. The second-order valence-corrected chi connectivity index (χ2v) is 7.37. The zero-order valence-corrected chi connectivity index (χ0v) is 13.2. The fourth-order valence-electron chi connectivity index (χ4n) is 3.95. The summed E-state index contributed by atoms with van der Waals surface area (Å²) in [6, 6.07) is 0.775. The Morgan fingerprint density at radius 1 is 1.21 bits per heavy atom. The topological polar surface area (TPSA) is 24.5 Å². The molecule has 3 atom stereocenters. The highest BCUT2D eigenvalue weighted by molar-refractivity contribution is 4.91. The van der Waals surface area contributed by atoms with Crippen molar-refractivity contribution in [1.82, 2.24) is 10.2 Å². The molecule has 0 amide bonds. The molecular formula is C16H32N2O. The van der Waals surface area contributed by atoms with Crippen LogP contribution in [0.15, 0.2) is 0 Å². The summed E-state index contributed by atoms with van der Waals surface area (Å²) < 4.78 is 5.86.